The predicted molar refractivity (Wildman–Crippen MR) is 83.3 cm³/mol. The molecule has 0 radical (unpaired) electrons. The lowest BCUT2D eigenvalue weighted by molar-refractivity contribution is 0.604. The summed E-state index contributed by atoms with van der Waals surface area (Å²) in [6, 6.07) is 11.2. The average Bonchev–Trinajstić information content (AvgIpc) is 2.78. The maximum atomic E-state index is 3.64. The summed E-state index contributed by atoms with van der Waals surface area (Å²) < 4.78 is 1.20. The minimum Gasteiger partial charge on any atom is -0.306 e. The molecule has 1 N–H and O–H groups in total. The van der Waals surface area contributed by atoms with Crippen LogP contribution in [0.5, 0.6) is 0 Å². The van der Waals surface area contributed by atoms with Gasteiger partial charge in [0.05, 0.1) is 6.04 Å². The molecule has 1 aromatic heterocycles. The van der Waals surface area contributed by atoms with Gasteiger partial charge in [-0.25, -0.2) is 0 Å². The lowest BCUT2D eigenvalue weighted by atomic mass is 10.0. The first-order valence-electron chi connectivity index (χ1n) is 6.25. The third kappa shape index (κ3) is 3.22. The van der Waals surface area contributed by atoms with Gasteiger partial charge in [0, 0.05) is 9.35 Å². The third-order valence-electron chi connectivity index (χ3n) is 2.92. The molecule has 0 saturated heterocycles. The SMILES string of the molecule is CCCNC(c1ccc(C)cc1)c1sccc1Br. The Balaban J connectivity index is 2.30. The Morgan fingerprint density at radius 3 is 2.50 bits per heavy atom. The minimum absolute atomic E-state index is 0.292. The molecule has 1 nitrogen and oxygen atoms in total. The van der Waals surface area contributed by atoms with Crippen LogP contribution in [0.4, 0.5) is 0 Å². The average molecular weight is 324 g/mol. The Morgan fingerprint density at radius 2 is 1.94 bits per heavy atom. The van der Waals surface area contributed by atoms with Crippen molar-refractivity contribution < 1.29 is 0 Å². The van der Waals surface area contributed by atoms with Gasteiger partial charge in [0.15, 0.2) is 0 Å². The highest BCUT2D eigenvalue weighted by atomic mass is 79.9. The molecule has 1 heterocycles. The van der Waals surface area contributed by atoms with Crippen molar-refractivity contribution in [3.05, 3.63) is 56.2 Å². The number of hydrogen-bond donors (Lipinski definition) is 1. The predicted octanol–water partition coefficient (Wildman–Crippen LogP) is 4.91. The second-order valence-corrected chi connectivity index (χ2v) is 6.23. The van der Waals surface area contributed by atoms with E-state index in [2.05, 4.69) is 70.8 Å². The highest BCUT2D eigenvalue weighted by Crippen LogP contribution is 2.33. The van der Waals surface area contributed by atoms with E-state index in [0.29, 0.717) is 6.04 Å². The largest absolute Gasteiger partial charge is 0.306 e. The maximum absolute atomic E-state index is 3.64. The van der Waals surface area contributed by atoms with E-state index < -0.39 is 0 Å². The molecule has 0 bridgehead atoms. The van der Waals surface area contributed by atoms with Crippen molar-refractivity contribution in [1.82, 2.24) is 5.32 Å². The molecule has 0 aliphatic carbocycles. The molecule has 2 rings (SSSR count). The zero-order valence-electron chi connectivity index (χ0n) is 10.7. The number of benzene rings is 1. The molecule has 96 valence electrons. The molecular weight excluding hydrogens is 306 g/mol. The van der Waals surface area contributed by atoms with Gasteiger partial charge in [-0.05, 0) is 52.8 Å². The zero-order valence-corrected chi connectivity index (χ0v) is 13.1. The molecule has 1 unspecified atom stereocenters. The van der Waals surface area contributed by atoms with Crippen LogP contribution in [0.15, 0.2) is 40.2 Å². The normalized spacial score (nSPS) is 12.6. The van der Waals surface area contributed by atoms with Gasteiger partial charge in [-0.3, -0.25) is 0 Å². The van der Waals surface area contributed by atoms with E-state index in [1.54, 1.807) is 11.3 Å². The fourth-order valence-electron chi connectivity index (χ4n) is 1.92. The van der Waals surface area contributed by atoms with Crippen molar-refractivity contribution >= 4 is 27.3 Å². The number of hydrogen-bond acceptors (Lipinski definition) is 2. The van der Waals surface area contributed by atoms with Gasteiger partial charge in [0.2, 0.25) is 0 Å². The van der Waals surface area contributed by atoms with Crippen LogP contribution < -0.4 is 5.32 Å². The molecule has 0 fully saturated rings. The van der Waals surface area contributed by atoms with Crippen molar-refractivity contribution in [3.63, 3.8) is 0 Å². The minimum atomic E-state index is 0.292. The van der Waals surface area contributed by atoms with E-state index in [4.69, 9.17) is 0 Å². The second-order valence-electron chi connectivity index (χ2n) is 4.43. The summed E-state index contributed by atoms with van der Waals surface area (Å²) in [6.45, 7) is 5.35. The Labute approximate surface area is 121 Å². The van der Waals surface area contributed by atoms with Crippen molar-refractivity contribution in [2.24, 2.45) is 0 Å². The van der Waals surface area contributed by atoms with Crippen LogP contribution in [-0.2, 0) is 0 Å². The van der Waals surface area contributed by atoms with E-state index in [9.17, 15) is 0 Å². The van der Waals surface area contributed by atoms with Gasteiger partial charge < -0.3 is 5.32 Å². The summed E-state index contributed by atoms with van der Waals surface area (Å²) in [5.74, 6) is 0. The third-order valence-corrected chi connectivity index (χ3v) is 4.85. The van der Waals surface area contributed by atoms with Crippen LogP contribution in [0.25, 0.3) is 0 Å². The first-order valence-corrected chi connectivity index (χ1v) is 7.92. The van der Waals surface area contributed by atoms with E-state index >= 15 is 0 Å². The van der Waals surface area contributed by atoms with Crippen LogP contribution in [0.1, 0.15) is 35.4 Å². The second kappa shape index (κ2) is 6.50. The lowest BCUT2D eigenvalue weighted by Gasteiger charge is -2.18. The monoisotopic (exact) mass is 323 g/mol. The Morgan fingerprint density at radius 1 is 1.22 bits per heavy atom. The summed E-state index contributed by atoms with van der Waals surface area (Å²) >= 11 is 5.44. The summed E-state index contributed by atoms with van der Waals surface area (Å²) in [5.41, 5.74) is 2.63. The number of aryl methyl sites for hydroxylation is 1. The number of thiophene rings is 1. The standard InChI is InChI=1S/C15H18BrNS/c1-3-9-17-14(15-13(16)8-10-18-15)12-6-4-11(2)5-7-12/h4-8,10,14,17H,3,9H2,1-2H3. The van der Waals surface area contributed by atoms with Crippen LogP contribution in [0.3, 0.4) is 0 Å². The molecule has 18 heavy (non-hydrogen) atoms. The highest BCUT2D eigenvalue weighted by Gasteiger charge is 2.17. The topological polar surface area (TPSA) is 12.0 Å². The fourth-order valence-corrected chi connectivity index (χ4v) is 3.62. The summed E-state index contributed by atoms with van der Waals surface area (Å²) in [5, 5.41) is 5.76. The summed E-state index contributed by atoms with van der Waals surface area (Å²) in [7, 11) is 0. The van der Waals surface area contributed by atoms with E-state index in [-0.39, 0.29) is 0 Å². The molecule has 0 aliphatic heterocycles. The van der Waals surface area contributed by atoms with E-state index in [1.165, 1.54) is 20.5 Å². The molecule has 1 aromatic carbocycles. The molecular formula is C15H18BrNS. The number of rotatable bonds is 5. The van der Waals surface area contributed by atoms with Gasteiger partial charge in [-0.15, -0.1) is 11.3 Å². The molecule has 3 heteroatoms. The summed E-state index contributed by atoms with van der Waals surface area (Å²) in [4.78, 5) is 1.35. The van der Waals surface area contributed by atoms with E-state index in [1.807, 2.05) is 0 Å². The van der Waals surface area contributed by atoms with Crippen molar-refractivity contribution in [3.8, 4) is 0 Å². The zero-order chi connectivity index (χ0) is 13.0. The molecule has 0 saturated carbocycles. The van der Waals surface area contributed by atoms with Gasteiger partial charge in [0.1, 0.15) is 0 Å². The Hall–Kier alpha value is -0.640. The summed E-state index contributed by atoms with van der Waals surface area (Å²) in [6.07, 6.45) is 1.14. The van der Waals surface area contributed by atoms with Crippen LogP contribution in [0, 0.1) is 6.92 Å². The molecule has 1 atom stereocenters. The Bertz CT molecular complexity index is 489. The maximum Gasteiger partial charge on any atom is 0.0682 e. The van der Waals surface area contributed by atoms with Gasteiger partial charge in [0.25, 0.3) is 0 Å². The fraction of sp³-hybridized carbons (Fsp3) is 0.333. The lowest BCUT2D eigenvalue weighted by Crippen LogP contribution is -2.22. The van der Waals surface area contributed by atoms with Crippen LogP contribution >= 0.6 is 27.3 Å². The molecule has 2 aromatic rings. The van der Waals surface area contributed by atoms with Crippen molar-refractivity contribution in [1.29, 1.82) is 0 Å². The molecule has 0 amide bonds. The quantitative estimate of drug-likeness (QED) is 0.824. The van der Waals surface area contributed by atoms with E-state index in [0.717, 1.165) is 13.0 Å². The Kier molecular flexibility index (Phi) is 4.98. The van der Waals surface area contributed by atoms with Gasteiger partial charge >= 0.3 is 0 Å². The first kappa shape index (κ1) is 13.8. The highest BCUT2D eigenvalue weighted by molar-refractivity contribution is 9.10. The first-order chi connectivity index (χ1) is 8.72. The van der Waals surface area contributed by atoms with Gasteiger partial charge in [-0.2, -0.15) is 0 Å². The smallest absolute Gasteiger partial charge is 0.0682 e. The number of halogens is 1. The molecule has 0 aliphatic rings. The van der Waals surface area contributed by atoms with Crippen molar-refractivity contribution in [2.75, 3.05) is 6.54 Å². The number of nitrogens with one attached hydrogen (secondary N) is 1. The van der Waals surface area contributed by atoms with Crippen molar-refractivity contribution in [2.45, 2.75) is 26.3 Å². The van der Waals surface area contributed by atoms with Crippen LogP contribution in [-0.4, -0.2) is 6.54 Å². The van der Waals surface area contributed by atoms with Gasteiger partial charge in [-0.1, -0.05) is 36.8 Å². The molecule has 0 spiro atoms. The van der Waals surface area contributed by atoms with Crippen LogP contribution in [0.2, 0.25) is 0 Å².